The molecule has 0 aliphatic heterocycles. The van der Waals surface area contributed by atoms with E-state index in [0.717, 1.165) is 58.6 Å². The van der Waals surface area contributed by atoms with E-state index in [0.29, 0.717) is 5.75 Å². The Morgan fingerprint density at radius 1 is 0.914 bits per heavy atom. The molecule has 0 fully saturated rings. The van der Waals surface area contributed by atoms with Crippen LogP contribution in [-0.4, -0.2) is 47.0 Å². The molecule has 5 nitrogen and oxygen atoms in total. The number of rotatable bonds is 10. The molecule has 0 saturated carbocycles. The number of aromatic amines is 1. The number of anilines is 1. The third kappa shape index (κ3) is 8.74. The maximum absolute atomic E-state index is 6.74. The number of fused-ring (bicyclic) bond motifs is 1. The zero-order valence-corrected chi connectivity index (χ0v) is 23.7. The Hall–Kier alpha value is -1.67. The van der Waals surface area contributed by atoms with Crippen molar-refractivity contribution in [3.63, 3.8) is 0 Å². The van der Waals surface area contributed by atoms with Crippen LogP contribution in [0.2, 0.25) is 5.02 Å². The third-order valence-corrected chi connectivity index (χ3v) is 6.69. The van der Waals surface area contributed by atoms with Crippen molar-refractivity contribution in [2.75, 3.05) is 32.1 Å². The summed E-state index contributed by atoms with van der Waals surface area (Å²) in [6.07, 6.45) is 2.90. The number of nitrogens with zero attached hydrogens (tertiary/aromatic N) is 4. The maximum atomic E-state index is 6.74. The number of benzene rings is 2. The van der Waals surface area contributed by atoms with E-state index in [9.17, 15) is 0 Å². The first-order valence-corrected chi connectivity index (χ1v) is 12.1. The van der Waals surface area contributed by atoms with Gasteiger partial charge in [0.05, 0.1) is 27.4 Å². The van der Waals surface area contributed by atoms with E-state index in [1.807, 2.05) is 36.5 Å². The Morgan fingerprint density at radius 2 is 1.63 bits per heavy atom. The van der Waals surface area contributed by atoms with Gasteiger partial charge < -0.3 is 14.8 Å². The topological polar surface area (TPSA) is 48.1 Å². The van der Waals surface area contributed by atoms with Gasteiger partial charge in [0.2, 0.25) is 0 Å². The molecule has 190 valence electrons. The van der Waals surface area contributed by atoms with Gasteiger partial charge in [-0.05, 0) is 43.8 Å². The number of thioether (sulfide) groups is 1. The molecule has 0 amide bonds. The highest BCUT2D eigenvalue weighted by Gasteiger charge is 2.13. The van der Waals surface area contributed by atoms with E-state index in [4.69, 9.17) is 11.6 Å². The van der Waals surface area contributed by atoms with Gasteiger partial charge in [-0.15, -0.1) is 37.2 Å². The summed E-state index contributed by atoms with van der Waals surface area (Å²) in [5, 5.41) is 1.60. The summed E-state index contributed by atoms with van der Waals surface area (Å²) in [5.41, 5.74) is 5.25. The van der Waals surface area contributed by atoms with Crippen LogP contribution in [0.5, 0.6) is 0 Å². The van der Waals surface area contributed by atoms with Gasteiger partial charge in [-0.25, -0.2) is 4.98 Å². The van der Waals surface area contributed by atoms with Gasteiger partial charge in [0, 0.05) is 32.1 Å². The average Bonchev–Trinajstić information content (AvgIpc) is 3.22. The molecule has 0 aliphatic carbocycles. The molecule has 35 heavy (non-hydrogen) atoms. The molecule has 2 heterocycles. The molecule has 0 atom stereocenters. The number of aromatic nitrogens is 3. The first-order valence-electron chi connectivity index (χ1n) is 10.7. The lowest BCUT2D eigenvalue weighted by Gasteiger charge is -2.23. The molecule has 1 N–H and O–H groups in total. The van der Waals surface area contributed by atoms with Crippen molar-refractivity contribution in [1.29, 1.82) is 0 Å². The lowest BCUT2D eigenvalue weighted by atomic mass is 10.2. The van der Waals surface area contributed by atoms with Crippen LogP contribution in [-0.2, 0) is 12.3 Å². The highest BCUT2D eigenvalue weighted by Crippen LogP contribution is 2.31. The highest BCUT2D eigenvalue weighted by molar-refractivity contribution is 7.98. The normalized spacial score (nSPS) is 10.4. The molecule has 0 radical (unpaired) electrons. The highest BCUT2D eigenvalue weighted by atomic mass is 35.5. The van der Waals surface area contributed by atoms with Crippen molar-refractivity contribution in [2.45, 2.75) is 23.9 Å². The fraction of sp³-hybridized carbons (Fsp3) is 0.280. The minimum atomic E-state index is 0. The summed E-state index contributed by atoms with van der Waals surface area (Å²) in [7, 11) is 4.26. The second-order valence-corrected chi connectivity index (χ2v) is 9.28. The van der Waals surface area contributed by atoms with E-state index in [1.54, 1.807) is 11.8 Å². The van der Waals surface area contributed by atoms with E-state index in [-0.39, 0.29) is 37.2 Å². The summed E-state index contributed by atoms with van der Waals surface area (Å²) < 4.78 is 0. The van der Waals surface area contributed by atoms with Gasteiger partial charge in [-0.3, -0.25) is 4.98 Å². The number of imidazole rings is 1. The number of halogens is 4. The maximum Gasteiger partial charge on any atom is 0.166 e. The second-order valence-electron chi connectivity index (χ2n) is 7.94. The van der Waals surface area contributed by atoms with Crippen LogP contribution in [0.1, 0.15) is 17.7 Å². The summed E-state index contributed by atoms with van der Waals surface area (Å²) in [6.45, 7) is 2.92. The van der Waals surface area contributed by atoms with Crippen molar-refractivity contribution in [2.24, 2.45) is 0 Å². The number of hydrogen-bond donors (Lipinski definition) is 1. The van der Waals surface area contributed by atoms with Gasteiger partial charge in [0.25, 0.3) is 0 Å². The summed E-state index contributed by atoms with van der Waals surface area (Å²) in [4.78, 5) is 17.1. The fourth-order valence-electron chi connectivity index (χ4n) is 3.68. The van der Waals surface area contributed by atoms with E-state index in [1.165, 1.54) is 5.56 Å². The van der Waals surface area contributed by atoms with Crippen LogP contribution < -0.4 is 4.90 Å². The van der Waals surface area contributed by atoms with Crippen LogP contribution in [0.4, 0.5) is 5.69 Å². The van der Waals surface area contributed by atoms with Crippen LogP contribution in [0, 0.1) is 0 Å². The predicted octanol–water partition coefficient (Wildman–Crippen LogP) is 7.13. The lowest BCUT2D eigenvalue weighted by Crippen LogP contribution is -2.25. The minimum absolute atomic E-state index is 0. The van der Waals surface area contributed by atoms with Crippen LogP contribution >= 0.6 is 60.6 Å². The minimum Gasteiger partial charge on any atom is -0.373 e. The van der Waals surface area contributed by atoms with E-state index < -0.39 is 0 Å². The SMILES string of the molecule is CN(CCCN(C)c1ccnc(CSc2nc3ccccc3[nH]2)c1Cl)Cc1ccccc1.Cl.Cl.Cl. The molecule has 4 aromatic rings. The van der Waals surface area contributed by atoms with Crippen molar-refractivity contribution in [3.05, 3.63) is 83.1 Å². The van der Waals surface area contributed by atoms with Crippen LogP contribution in [0.3, 0.4) is 0 Å². The first-order chi connectivity index (χ1) is 15.6. The van der Waals surface area contributed by atoms with Gasteiger partial charge in [0.1, 0.15) is 0 Å². The zero-order valence-electron chi connectivity index (χ0n) is 19.7. The number of hydrogen-bond acceptors (Lipinski definition) is 5. The molecular weight excluding hydrogens is 544 g/mol. The molecule has 0 aliphatic rings. The number of para-hydroxylation sites is 2. The lowest BCUT2D eigenvalue weighted by molar-refractivity contribution is 0.323. The quantitative estimate of drug-likeness (QED) is 0.204. The van der Waals surface area contributed by atoms with E-state index >= 15 is 0 Å². The second kappa shape index (κ2) is 15.4. The summed E-state index contributed by atoms with van der Waals surface area (Å²) in [5.74, 6) is 0.667. The monoisotopic (exact) mass is 573 g/mol. The summed E-state index contributed by atoms with van der Waals surface area (Å²) >= 11 is 8.36. The molecule has 0 spiro atoms. The number of H-pyrrole nitrogens is 1. The molecule has 2 aromatic heterocycles. The zero-order chi connectivity index (χ0) is 22.3. The third-order valence-electron chi connectivity index (χ3n) is 5.39. The Morgan fingerprint density at radius 3 is 2.37 bits per heavy atom. The Labute approximate surface area is 235 Å². The van der Waals surface area contributed by atoms with Crippen molar-refractivity contribution in [1.82, 2.24) is 19.9 Å². The summed E-state index contributed by atoms with van der Waals surface area (Å²) in [6, 6.07) is 20.6. The number of nitrogens with one attached hydrogen (secondary N) is 1. The Bertz CT molecular complexity index is 1130. The smallest absolute Gasteiger partial charge is 0.166 e. The van der Waals surface area contributed by atoms with Crippen LogP contribution in [0.25, 0.3) is 11.0 Å². The van der Waals surface area contributed by atoms with Gasteiger partial charge in [-0.1, -0.05) is 65.8 Å². The molecule has 2 aromatic carbocycles. The average molecular weight is 575 g/mol. The number of pyridine rings is 1. The van der Waals surface area contributed by atoms with Gasteiger partial charge in [-0.2, -0.15) is 0 Å². The van der Waals surface area contributed by atoms with Crippen molar-refractivity contribution < 1.29 is 0 Å². The molecule has 0 bridgehead atoms. The first kappa shape index (κ1) is 31.4. The standard InChI is InChI=1S/C25H28ClN5S.3ClH/c1-30(17-19-9-4-3-5-10-19)15-8-16-31(2)23-13-14-27-22(24(23)26)18-32-25-28-20-11-6-7-12-21(20)29-25;;;/h3-7,9-14H,8,15-18H2,1-2H3,(H,28,29);3*1H. The molecule has 10 heteroatoms. The largest absolute Gasteiger partial charge is 0.373 e. The molecule has 0 unspecified atom stereocenters. The van der Waals surface area contributed by atoms with Gasteiger partial charge >= 0.3 is 0 Å². The van der Waals surface area contributed by atoms with Crippen LogP contribution in [0.15, 0.2) is 72.0 Å². The van der Waals surface area contributed by atoms with Crippen molar-refractivity contribution >= 4 is 77.3 Å². The molecule has 0 saturated heterocycles. The Balaban J connectivity index is 0.00000204. The van der Waals surface area contributed by atoms with Crippen molar-refractivity contribution in [3.8, 4) is 0 Å². The molecular formula is C25H31Cl4N5S. The van der Waals surface area contributed by atoms with Gasteiger partial charge in [0.15, 0.2) is 5.16 Å². The predicted molar refractivity (Wildman–Crippen MR) is 157 cm³/mol. The van der Waals surface area contributed by atoms with E-state index in [2.05, 4.69) is 69.2 Å². The Kier molecular flexibility index (Phi) is 13.8. The fourth-order valence-corrected chi connectivity index (χ4v) is 4.92. The molecule has 4 rings (SSSR count).